The van der Waals surface area contributed by atoms with Gasteiger partial charge in [0.05, 0.1) is 18.6 Å². The maximum atomic E-state index is 12.1. The summed E-state index contributed by atoms with van der Waals surface area (Å²) in [6.45, 7) is 3.89. The van der Waals surface area contributed by atoms with Crippen molar-refractivity contribution in [1.82, 2.24) is 5.32 Å². The van der Waals surface area contributed by atoms with Crippen molar-refractivity contribution in [1.29, 1.82) is 0 Å². The molecule has 2 aromatic rings. The van der Waals surface area contributed by atoms with Crippen LogP contribution in [0.5, 0.6) is 5.75 Å². The first-order valence-electron chi connectivity index (χ1n) is 6.74. The van der Waals surface area contributed by atoms with Crippen LogP contribution in [0, 0.1) is 0 Å². The van der Waals surface area contributed by atoms with Gasteiger partial charge in [-0.15, -0.1) is 0 Å². The van der Waals surface area contributed by atoms with Crippen molar-refractivity contribution in [2.45, 2.75) is 13.8 Å². The van der Waals surface area contributed by atoms with Crippen LogP contribution in [0.1, 0.15) is 24.4 Å². The summed E-state index contributed by atoms with van der Waals surface area (Å²) in [4.78, 5) is 35.2. The third-order valence-electron chi connectivity index (χ3n) is 2.73. The van der Waals surface area contributed by atoms with Crippen LogP contribution in [-0.4, -0.2) is 25.2 Å². The van der Waals surface area contributed by atoms with E-state index >= 15 is 0 Å². The number of nitrogens with one attached hydrogen (secondary N) is 1. The third-order valence-corrected chi connectivity index (χ3v) is 2.73. The van der Waals surface area contributed by atoms with Gasteiger partial charge in [-0.2, -0.15) is 0 Å². The predicted molar refractivity (Wildman–Crippen MR) is 78.1 cm³/mol. The summed E-state index contributed by atoms with van der Waals surface area (Å²) >= 11 is 0. The molecule has 0 saturated heterocycles. The minimum atomic E-state index is -0.909. The van der Waals surface area contributed by atoms with Crippen LogP contribution in [0.25, 0.3) is 11.0 Å². The zero-order valence-electron chi connectivity index (χ0n) is 12.2. The Morgan fingerprint density at radius 1 is 1.23 bits per heavy atom. The first-order chi connectivity index (χ1) is 10.6. The van der Waals surface area contributed by atoms with Crippen molar-refractivity contribution >= 4 is 23.0 Å². The molecule has 0 bridgehead atoms. The Hall–Kier alpha value is -2.83. The van der Waals surface area contributed by atoms with E-state index in [4.69, 9.17) is 9.15 Å². The summed E-state index contributed by atoms with van der Waals surface area (Å²) in [6.07, 6.45) is -0.909. The lowest BCUT2D eigenvalue weighted by Crippen LogP contribution is -2.31. The number of amides is 2. The highest BCUT2D eigenvalue weighted by atomic mass is 16.5. The van der Waals surface area contributed by atoms with Crippen molar-refractivity contribution < 1.29 is 23.5 Å². The fourth-order valence-electron chi connectivity index (χ4n) is 1.85. The topological polar surface area (TPSA) is 94.8 Å². The standard InChI is InChI=1S/C15H15NO6/c1-3-20-11-7-5-6-9-10(17)8-12(22-13(9)11)14(18)16-15(19)21-4-2/h5-8H,3-4H2,1-2H3,(H,16,18,19). The number of carbonyl (C=O) groups is 2. The van der Waals surface area contributed by atoms with Gasteiger partial charge in [0.15, 0.2) is 22.5 Å². The van der Waals surface area contributed by atoms with E-state index < -0.39 is 17.4 Å². The smallest absolute Gasteiger partial charge is 0.414 e. The Balaban J connectivity index is 2.43. The van der Waals surface area contributed by atoms with Crippen LogP contribution in [0.15, 0.2) is 33.5 Å². The van der Waals surface area contributed by atoms with Gasteiger partial charge in [-0.3, -0.25) is 14.9 Å². The Morgan fingerprint density at radius 2 is 2.00 bits per heavy atom. The van der Waals surface area contributed by atoms with Crippen LogP contribution >= 0.6 is 0 Å². The van der Waals surface area contributed by atoms with E-state index in [-0.39, 0.29) is 18.0 Å². The first kappa shape index (κ1) is 15.6. The molecule has 0 fully saturated rings. The van der Waals surface area contributed by atoms with Crippen LogP contribution < -0.4 is 15.5 Å². The van der Waals surface area contributed by atoms with Gasteiger partial charge in [-0.1, -0.05) is 6.07 Å². The van der Waals surface area contributed by atoms with Gasteiger partial charge < -0.3 is 13.9 Å². The Kier molecular flexibility index (Phi) is 4.77. The van der Waals surface area contributed by atoms with Crippen LogP contribution in [-0.2, 0) is 4.74 Å². The predicted octanol–water partition coefficient (Wildman–Crippen LogP) is 2.08. The Bertz CT molecular complexity index is 764. The van der Waals surface area contributed by atoms with Gasteiger partial charge in [0.2, 0.25) is 0 Å². The number of alkyl carbamates (subject to hydrolysis) is 1. The van der Waals surface area contributed by atoms with Crippen LogP contribution in [0.4, 0.5) is 4.79 Å². The lowest BCUT2D eigenvalue weighted by atomic mass is 10.2. The number of benzene rings is 1. The number of fused-ring (bicyclic) bond motifs is 1. The van der Waals surface area contributed by atoms with Crippen molar-refractivity contribution in [3.8, 4) is 5.75 Å². The van der Waals surface area contributed by atoms with E-state index in [0.717, 1.165) is 6.07 Å². The lowest BCUT2D eigenvalue weighted by molar-refractivity contribution is 0.0898. The lowest BCUT2D eigenvalue weighted by Gasteiger charge is -2.08. The molecule has 7 heteroatoms. The molecule has 0 spiro atoms. The summed E-state index contributed by atoms with van der Waals surface area (Å²) in [5.74, 6) is -0.802. The minimum Gasteiger partial charge on any atom is -0.490 e. The van der Waals surface area contributed by atoms with E-state index in [1.54, 1.807) is 32.0 Å². The zero-order chi connectivity index (χ0) is 16.1. The van der Waals surface area contributed by atoms with Gasteiger partial charge in [0.25, 0.3) is 5.91 Å². The number of hydrogen-bond acceptors (Lipinski definition) is 6. The maximum Gasteiger partial charge on any atom is 0.414 e. The molecular formula is C15H15NO6. The Morgan fingerprint density at radius 3 is 2.68 bits per heavy atom. The van der Waals surface area contributed by atoms with E-state index in [1.807, 2.05) is 5.32 Å². The maximum absolute atomic E-state index is 12.1. The molecule has 1 N–H and O–H groups in total. The molecule has 1 aromatic carbocycles. The molecule has 0 radical (unpaired) electrons. The number of ether oxygens (including phenoxy) is 2. The fraction of sp³-hybridized carbons (Fsp3) is 0.267. The molecule has 1 aromatic heterocycles. The number of hydrogen-bond donors (Lipinski definition) is 1. The molecule has 0 aliphatic rings. The van der Waals surface area contributed by atoms with Gasteiger partial charge >= 0.3 is 6.09 Å². The van der Waals surface area contributed by atoms with Gasteiger partial charge in [0, 0.05) is 6.07 Å². The van der Waals surface area contributed by atoms with Crippen molar-refractivity contribution in [3.05, 3.63) is 40.2 Å². The molecule has 1 heterocycles. The molecule has 0 aliphatic carbocycles. The van der Waals surface area contributed by atoms with E-state index in [0.29, 0.717) is 17.7 Å². The summed E-state index contributed by atoms with van der Waals surface area (Å²) in [5, 5.41) is 2.26. The molecule has 7 nitrogen and oxygen atoms in total. The molecule has 0 unspecified atom stereocenters. The second-order valence-electron chi connectivity index (χ2n) is 4.22. The molecule has 2 rings (SSSR count). The number of imide groups is 1. The number of rotatable bonds is 4. The third kappa shape index (κ3) is 3.25. The molecule has 0 atom stereocenters. The molecule has 22 heavy (non-hydrogen) atoms. The van der Waals surface area contributed by atoms with Crippen LogP contribution in [0.3, 0.4) is 0 Å². The quantitative estimate of drug-likeness (QED) is 0.929. The van der Waals surface area contributed by atoms with E-state index in [2.05, 4.69) is 4.74 Å². The second-order valence-corrected chi connectivity index (χ2v) is 4.22. The average molecular weight is 305 g/mol. The molecule has 2 amide bonds. The van der Waals surface area contributed by atoms with Gasteiger partial charge in [-0.25, -0.2) is 4.79 Å². The normalized spacial score (nSPS) is 10.3. The molecule has 0 saturated carbocycles. The van der Waals surface area contributed by atoms with Crippen LogP contribution in [0.2, 0.25) is 0 Å². The highest BCUT2D eigenvalue weighted by molar-refractivity contribution is 6.01. The fourth-order valence-corrected chi connectivity index (χ4v) is 1.85. The monoisotopic (exact) mass is 305 g/mol. The van der Waals surface area contributed by atoms with Gasteiger partial charge in [-0.05, 0) is 26.0 Å². The minimum absolute atomic E-state index is 0.120. The molecule has 116 valence electrons. The highest BCUT2D eigenvalue weighted by Crippen LogP contribution is 2.24. The Labute approximate surface area is 125 Å². The molecular weight excluding hydrogens is 290 g/mol. The number of carbonyl (C=O) groups excluding carboxylic acids is 2. The first-order valence-corrected chi connectivity index (χ1v) is 6.74. The van der Waals surface area contributed by atoms with Crippen molar-refractivity contribution in [2.75, 3.05) is 13.2 Å². The second kappa shape index (κ2) is 6.75. The molecule has 0 aliphatic heterocycles. The van der Waals surface area contributed by atoms with E-state index in [1.165, 1.54) is 0 Å². The highest BCUT2D eigenvalue weighted by Gasteiger charge is 2.17. The summed E-state index contributed by atoms with van der Waals surface area (Å²) in [5.41, 5.74) is -0.248. The SMILES string of the molecule is CCOC(=O)NC(=O)c1cc(=O)c2cccc(OCC)c2o1. The largest absolute Gasteiger partial charge is 0.490 e. The van der Waals surface area contributed by atoms with Gasteiger partial charge in [0.1, 0.15) is 0 Å². The van der Waals surface area contributed by atoms with Crippen molar-refractivity contribution in [3.63, 3.8) is 0 Å². The van der Waals surface area contributed by atoms with Crippen molar-refractivity contribution in [2.24, 2.45) is 0 Å². The zero-order valence-corrected chi connectivity index (χ0v) is 12.2. The summed E-state index contributed by atoms with van der Waals surface area (Å²) < 4.78 is 15.4. The number of para-hydroxylation sites is 1. The van der Waals surface area contributed by atoms with E-state index in [9.17, 15) is 14.4 Å². The summed E-state index contributed by atoms with van der Waals surface area (Å²) in [7, 11) is 0. The average Bonchev–Trinajstić information content (AvgIpc) is 2.48. The summed E-state index contributed by atoms with van der Waals surface area (Å²) in [6, 6.07) is 5.87.